The molecule has 3 N–H and O–H groups in total. The Hall–Kier alpha value is -4.39. The monoisotopic (exact) mass is 719 g/mol. The standard InChI is InChI=1S/C38H49N5O7S/c1-24(2)30-21-38(30,35(46)41-51(48,49)29-18-19-29)40-33(44)31-22-42(27-15-11-14-26(20-27)25-12-7-6-8-13-25)23-43(31)34(45)32(37(3,4)5)39-36(47)50-28-16-9-10-17-28/h6-8,11-15,20,28-32H,1,9-10,16-19,21-23H2,2-5H3,(H,39,47)(H,40,44)(H,41,46)/t30-,31-,32+,38+/m0/s1. The maximum Gasteiger partial charge on any atom is 0.408 e. The molecule has 3 aliphatic carbocycles. The number of carbonyl (C=O) groups excluding carboxylic acids is 4. The molecular weight excluding hydrogens is 671 g/mol. The van der Waals surface area contributed by atoms with Gasteiger partial charge in [0.2, 0.25) is 21.8 Å². The van der Waals surface area contributed by atoms with Gasteiger partial charge in [-0.05, 0) is 80.5 Å². The molecule has 0 aromatic heterocycles. The van der Waals surface area contributed by atoms with E-state index in [0.29, 0.717) is 18.4 Å². The van der Waals surface area contributed by atoms with Crippen LogP contribution in [0.15, 0.2) is 66.7 Å². The molecule has 4 atom stereocenters. The van der Waals surface area contributed by atoms with E-state index in [1.54, 1.807) is 6.92 Å². The van der Waals surface area contributed by atoms with Gasteiger partial charge in [0.15, 0.2) is 0 Å². The Labute approximate surface area is 300 Å². The van der Waals surface area contributed by atoms with Crippen LogP contribution in [0.25, 0.3) is 11.1 Å². The van der Waals surface area contributed by atoms with Crippen LogP contribution in [0, 0.1) is 11.3 Å². The first-order chi connectivity index (χ1) is 24.1. The second kappa shape index (κ2) is 14.0. The molecule has 1 saturated heterocycles. The van der Waals surface area contributed by atoms with Crippen molar-refractivity contribution in [1.29, 1.82) is 0 Å². The highest BCUT2D eigenvalue weighted by Crippen LogP contribution is 2.48. The Bertz CT molecular complexity index is 1800. The number of sulfonamides is 1. The Balaban J connectivity index is 1.29. The summed E-state index contributed by atoms with van der Waals surface area (Å²) in [6.45, 7) is 11.3. The van der Waals surface area contributed by atoms with Gasteiger partial charge in [-0.25, -0.2) is 13.2 Å². The van der Waals surface area contributed by atoms with Gasteiger partial charge in [0.1, 0.15) is 23.7 Å². The van der Waals surface area contributed by atoms with Crippen LogP contribution in [0.5, 0.6) is 0 Å². The molecule has 1 heterocycles. The Morgan fingerprint density at radius 1 is 0.961 bits per heavy atom. The fraction of sp³-hybridized carbons (Fsp3) is 0.526. The SMILES string of the molecule is C=C(C)[C@@H]1C[C@]1(NC(=O)[C@@H]1CN(c2cccc(-c3ccccc3)c2)CN1C(=O)[C@@H](NC(=O)OC1CCCC1)C(C)(C)C)C(=O)NS(=O)(=O)C1CC1. The number of rotatable bonds is 11. The zero-order chi connectivity index (χ0) is 36.7. The highest BCUT2D eigenvalue weighted by atomic mass is 32.2. The molecule has 3 saturated carbocycles. The first-order valence-electron chi connectivity index (χ1n) is 17.8. The summed E-state index contributed by atoms with van der Waals surface area (Å²) in [5.41, 5.74) is 1.09. The molecule has 13 heteroatoms. The lowest BCUT2D eigenvalue weighted by atomic mass is 9.85. The molecule has 0 bridgehead atoms. The fourth-order valence-electron chi connectivity index (χ4n) is 7.21. The van der Waals surface area contributed by atoms with Gasteiger partial charge >= 0.3 is 6.09 Å². The third-order valence-corrected chi connectivity index (χ3v) is 12.3. The van der Waals surface area contributed by atoms with Crippen LogP contribution in [0.1, 0.15) is 72.6 Å². The number of hydrogen-bond acceptors (Lipinski definition) is 8. The topological polar surface area (TPSA) is 154 Å². The highest BCUT2D eigenvalue weighted by Gasteiger charge is 2.63. The maximum atomic E-state index is 14.6. The minimum absolute atomic E-state index is 0.0280. The van der Waals surface area contributed by atoms with E-state index in [2.05, 4.69) is 21.9 Å². The van der Waals surface area contributed by atoms with E-state index in [1.807, 2.05) is 80.3 Å². The first kappa shape index (κ1) is 36.4. The quantitative estimate of drug-likeness (QED) is 0.288. The van der Waals surface area contributed by atoms with Gasteiger partial charge in [0.25, 0.3) is 5.91 Å². The average Bonchev–Trinajstić information content (AvgIpc) is 3.97. The number of nitrogens with one attached hydrogen (secondary N) is 3. The van der Waals surface area contributed by atoms with Crippen molar-refractivity contribution in [3.05, 3.63) is 66.7 Å². The van der Waals surface area contributed by atoms with Crippen molar-refractivity contribution in [2.75, 3.05) is 18.1 Å². The largest absolute Gasteiger partial charge is 0.446 e. The smallest absolute Gasteiger partial charge is 0.408 e. The Kier molecular flexibility index (Phi) is 9.97. The minimum Gasteiger partial charge on any atom is -0.446 e. The summed E-state index contributed by atoms with van der Waals surface area (Å²) in [6.07, 6.45) is 3.75. The van der Waals surface area contributed by atoms with Crippen LogP contribution in [0.4, 0.5) is 10.5 Å². The number of carbonyl (C=O) groups is 4. The third kappa shape index (κ3) is 7.93. The molecule has 2 aromatic rings. The van der Waals surface area contributed by atoms with Gasteiger partial charge in [0, 0.05) is 18.2 Å². The number of benzene rings is 2. The van der Waals surface area contributed by atoms with E-state index in [9.17, 15) is 27.6 Å². The number of nitrogens with zero attached hydrogens (tertiary/aromatic N) is 2. The van der Waals surface area contributed by atoms with E-state index < -0.39 is 68.0 Å². The van der Waals surface area contributed by atoms with Crippen LogP contribution in [-0.2, 0) is 29.1 Å². The van der Waals surface area contributed by atoms with Crippen LogP contribution < -0.4 is 20.3 Å². The van der Waals surface area contributed by atoms with Gasteiger partial charge in [-0.2, -0.15) is 0 Å². The van der Waals surface area contributed by atoms with Crippen molar-refractivity contribution >= 4 is 39.5 Å². The molecule has 51 heavy (non-hydrogen) atoms. The van der Waals surface area contributed by atoms with Gasteiger partial charge in [0.05, 0.1) is 11.9 Å². The molecule has 4 aliphatic rings. The molecule has 6 rings (SSSR count). The van der Waals surface area contributed by atoms with Crippen molar-refractivity contribution < 1.29 is 32.3 Å². The maximum absolute atomic E-state index is 14.6. The third-order valence-electron chi connectivity index (χ3n) is 10.5. The number of hydrogen-bond donors (Lipinski definition) is 3. The molecule has 1 aliphatic heterocycles. The average molecular weight is 720 g/mol. The van der Waals surface area contributed by atoms with Crippen LogP contribution in [0.3, 0.4) is 0 Å². The van der Waals surface area contributed by atoms with E-state index in [4.69, 9.17) is 4.74 Å². The fourth-order valence-corrected chi connectivity index (χ4v) is 8.57. The number of anilines is 1. The zero-order valence-electron chi connectivity index (χ0n) is 29.8. The lowest BCUT2D eigenvalue weighted by Crippen LogP contribution is -2.60. The predicted octanol–water partition coefficient (Wildman–Crippen LogP) is 4.47. The zero-order valence-corrected chi connectivity index (χ0v) is 30.6. The van der Waals surface area contributed by atoms with Gasteiger partial charge < -0.3 is 25.2 Å². The van der Waals surface area contributed by atoms with E-state index in [-0.39, 0.29) is 25.7 Å². The molecule has 0 unspecified atom stereocenters. The molecule has 2 aromatic carbocycles. The van der Waals surface area contributed by atoms with E-state index >= 15 is 0 Å². The van der Waals surface area contributed by atoms with E-state index in [1.165, 1.54) is 4.90 Å². The highest BCUT2D eigenvalue weighted by molar-refractivity contribution is 7.91. The van der Waals surface area contributed by atoms with Crippen LogP contribution in [0.2, 0.25) is 0 Å². The molecule has 0 spiro atoms. The van der Waals surface area contributed by atoms with Crippen LogP contribution >= 0.6 is 0 Å². The summed E-state index contributed by atoms with van der Waals surface area (Å²) in [5.74, 6) is -2.36. The minimum atomic E-state index is -3.88. The molecule has 12 nitrogen and oxygen atoms in total. The van der Waals surface area contributed by atoms with E-state index in [0.717, 1.165) is 42.5 Å². The summed E-state index contributed by atoms with van der Waals surface area (Å²) >= 11 is 0. The van der Waals surface area contributed by atoms with Crippen molar-refractivity contribution in [1.82, 2.24) is 20.3 Å². The summed E-state index contributed by atoms with van der Waals surface area (Å²) in [4.78, 5) is 59.0. The lowest BCUT2D eigenvalue weighted by Gasteiger charge is -2.35. The second-order valence-electron chi connectivity index (χ2n) is 15.6. The molecule has 0 radical (unpaired) electrons. The Morgan fingerprint density at radius 2 is 1.63 bits per heavy atom. The summed E-state index contributed by atoms with van der Waals surface area (Å²) in [6, 6.07) is 15.5. The number of amides is 4. The second-order valence-corrected chi connectivity index (χ2v) is 17.6. The van der Waals surface area contributed by atoms with Crippen molar-refractivity contribution in [2.45, 2.75) is 102 Å². The molecular formula is C38H49N5O7S. The van der Waals surface area contributed by atoms with Crippen molar-refractivity contribution in [3.63, 3.8) is 0 Å². The predicted molar refractivity (Wildman–Crippen MR) is 194 cm³/mol. The summed E-state index contributed by atoms with van der Waals surface area (Å²) in [5, 5.41) is 5.05. The Morgan fingerprint density at radius 3 is 2.24 bits per heavy atom. The van der Waals surface area contributed by atoms with Crippen molar-refractivity contribution in [2.24, 2.45) is 11.3 Å². The van der Waals surface area contributed by atoms with Crippen LogP contribution in [-0.4, -0.2) is 79.3 Å². The van der Waals surface area contributed by atoms with Gasteiger partial charge in [-0.15, -0.1) is 0 Å². The van der Waals surface area contributed by atoms with Gasteiger partial charge in [-0.3, -0.25) is 19.1 Å². The number of ether oxygens (including phenoxy) is 1. The van der Waals surface area contributed by atoms with Gasteiger partial charge in [-0.1, -0.05) is 75.4 Å². The molecule has 4 amide bonds. The lowest BCUT2D eigenvalue weighted by molar-refractivity contribution is -0.142. The van der Waals surface area contributed by atoms with Crippen molar-refractivity contribution in [3.8, 4) is 11.1 Å². The molecule has 4 fully saturated rings. The number of alkyl carbamates (subject to hydrolysis) is 1. The normalized spacial score (nSPS) is 24.1. The summed E-state index contributed by atoms with van der Waals surface area (Å²) in [7, 11) is -3.88. The molecule has 274 valence electrons. The first-order valence-corrected chi connectivity index (χ1v) is 19.4. The summed E-state index contributed by atoms with van der Waals surface area (Å²) < 4.78 is 33.4.